The Bertz CT molecular complexity index is 2930. The van der Waals surface area contributed by atoms with Gasteiger partial charge >= 0.3 is 6.09 Å². The number of carbonyl (C=O) groups is 1. The highest BCUT2D eigenvalue weighted by Gasteiger charge is 2.28. The minimum Gasteiger partial charge on any atom is -0.444 e. The molecule has 4 aliphatic rings. The largest absolute Gasteiger partial charge is 0.444 e. The van der Waals surface area contributed by atoms with Gasteiger partial charge in [-0.05, 0) is 94.6 Å². The van der Waals surface area contributed by atoms with Crippen molar-refractivity contribution in [3.05, 3.63) is 120 Å². The van der Waals surface area contributed by atoms with Crippen molar-refractivity contribution in [3.63, 3.8) is 0 Å². The van der Waals surface area contributed by atoms with Crippen LogP contribution in [-0.4, -0.2) is 157 Å². The number of nitrogens with zero attached hydrogens (tertiary/aromatic N) is 13. The van der Waals surface area contributed by atoms with E-state index in [1.807, 2.05) is 50.2 Å². The van der Waals surface area contributed by atoms with Crippen LogP contribution in [-0.2, 0) is 27.3 Å². The van der Waals surface area contributed by atoms with Gasteiger partial charge in [-0.15, -0.1) is 9.97 Å². The summed E-state index contributed by atoms with van der Waals surface area (Å²) in [7, 11) is 0. The average molecular weight is 1050 g/mol. The predicted molar refractivity (Wildman–Crippen MR) is 296 cm³/mol. The topological polar surface area (TPSA) is 211 Å². The van der Waals surface area contributed by atoms with Gasteiger partial charge < -0.3 is 64.5 Å². The van der Waals surface area contributed by atoms with Crippen LogP contribution in [0.3, 0.4) is 0 Å². The van der Waals surface area contributed by atoms with E-state index in [2.05, 4.69) is 122 Å². The number of likely N-dealkylation sites (tertiary alicyclic amines) is 1. The normalized spacial score (nSPS) is 18.2. The number of nitrogens with one attached hydrogen (secondary N) is 5. The van der Waals surface area contributed by atoms with Gasteiger partial charge in [0.2, 0.25) is 0 Å². The van der Waals surface area contributed by atoms with Crippen LogP contribution in [0.15, 0.2) is 86.2 Å². The Morgan fingerprint density at radius 1 is 0.675 bits per heavy atom. The van der Waals surface area contributed by atoms with Crippen LogP contribution in [0.25, 0.3) is 21.1 Å². The third kappa shape index (κ3) is 15.9. The molecule has 0 saturated carbocycles. The van der Waals surface area contributed by atoms with Gasteiger partial charge in [-0.1, -0.05) is 13.1 Å². The highest BCUT2D eigenvalue weighted by atomic mass is 16.6. The maximum atomic E-state index is 12.7. The van der Waals surface area contributed by atoms with Gasteiger partial charge in [0.15, 0.2) is 24.0 Å². The lowest BCUT2D eigenvalue weighted by molar-refractivity contribution is 0.0172. The number of ether oxygens (including phenoxy) is 3. The molecule has 0 aromatic carbocycles. The Morgan fingerprint density at radius 2 is 1.18 bits per heavy atom. The fourth-order valence-electron chi connectivity index (χ4n) is 9.61. The molecule has 0 spiro atoms. The summed E-state index contributed by atoms with van der Waals surface area (Å²) >= 11 is 0. The molecule has 6 aromatic heterocycles. The quantitative estimate of drug-likeness (QED) is 0.0581. The molecule has 10 heterocycles. The molecule has 0 radical (unpaired) electrons. The second-order valence-corrected chi connectivity index (χ2v) is 20.7. The van der Waals surface area contributed by atoms with Crippen molar-refractivity contribution in [1.29, 1.82) is 0 Å². The summed E-state index contributed by atoms with van der Waals surface area (Å²) in [6.07, 6.45) is 22.3. The minimum atomic E-state index is -0.518. The predicted octanol–water partition coefficient (Wildman–Crippen LogP) is 8.05. The van der Waals surface area contributed by atoms with Crippen LogP contribution in [0.4, 0.5) is 51.1 Å². The smallest absolute Gasteiger partial charge is 0.410 e. The van der Waals surface area contributed by atoms with Crippen LogP contribution in [0, 0.1) is 25.0 Å². The Labute approximate surface area is 450 Å². The maximum Gasteiger partial charge on any atom is 0.410 e. The second kappa shape index (κ2) is 26.4. The number of morpholine rings is 2. The monoisotopic (exact) mass is 1050 g/mol. The van der Waals surface area contributed by atoms with Crippen LogP contribution >= 0.6 is 0 Å². The zero-order chi connectivity index (χ0) is 53.4. The SMILES string of the molecule is [C-]#[N+]c1cnc(Nc2cc(NCC3CCCN(C(=O)OC(C)(C)C)C3)c(-n3ccc(CN4CCOCC4)c3)cn2)cn1.[C-]#[N+]c1cnc(Nc2cc(NCC3CCCNC3)c(-n3ccc(CN4CCOCC4)c3)cn2)cn1. The Morgan fingerprint density at radius 3 is 1.65 bits per heavy atom. The zero-order valence-electron chi connectivity index (χ0n) is 44.3. The zero-order valence-corrected chi connectivity index (χ0v) is 44.3. The van der Waals surface area contributed by atoms with Crippen molar-refractivity contribution in [2.24, 2.45) is 11.8 Å². The molecule has 0 aliphatic carbocycles. The Balaban J connectivity index is 0.000000191. The fourth-order valence-corrected chi connectivity index (χ4v) is 9.61. The summed E-state index contributed by atoms with van der Waals surface area (Å²) in [6, 6.07) is 8.28. The third-order valence-corrected chi connectivity index (χ3v) is 13.6. The van der Waals surface area contributed by atoms with E-state index in [0.29, 0.717) is 48.8 Å². The summed E-state index contributed by atoms with van der Waals surface area (Å²) in [4.78, 5) is 51.9. The van der Waals surface area contributed by atoms with E-state index < -0.39 is 5.60 Å². The molecular weight excluding hydrogens is 977 g/mol. The first-order chi connectivity index (χ1) is 37.5. The number of hydrogen-bond donors (Lipinski definition) is 5. The molecule has 1 amide bonds. The van der Waals surface area contributed by atoms with Gasteiger partial charge in [0.05, 0.1) is 74.0 Å². The molecule has 22 heteroatoms. The summed E-state index contributed by atoms with van der Waals surface area (Å²) in [5.41, 5.74) is 5.81. The van der Waals surface area contributed by atoms with E-state index in [1.165, 1.54) is 42.6 Å². The van der Waals surface area contributed by atoms with Crippen molar-refractivity contribution in [1.82, 2.24) is 59.1 Å². The second-order valence-electron chi connectivity index (χ2n) is 20.7. The lowest BCUT2D eigenvalue weighted by Crippen LogP contribution is -2.44. The first-order valence-corrected chi connectivity index (χ1v) is 26.6. The van der Waals surface area contributed by atoms with Crippen LogP contribution in [0.1, 0.15) is 57.6 Å². The fraction of sp³-hybridized carbons (Fsp3) is 0.473. The summed E-state index contributed by atoms with van der Waals surface area (Å²) < 4.78 is 20.8. The highest BCUT2D eigenvalue weighted by Crippen LogP contribution is 2.29. The summed E-state index contributed by atoms with van der Waals surface area (Å²) in [6.45, 7) is 33.6. The van der Waals surface area contributed by atoms with E-state index in [4.69, 9.17) is 27.4 Å². The molecule has 4 saturated heterocycles. The Hall–Kier alpha value is -7.73. The van der Waals surface area contributed by atoms with Gasteiger partial charge in [-0.3, -0.25) is 9.80 Å². The summed E-state index contributed by atoms with van der Waals surface area (Å²) in [5.74, 6) is 3.69. The number of rotatable bonds is 16. The molecule has 6 aromatic rings. The molecule has 4 fully saturated rings. The van der Waals surface area contributed by atoms with E-state index in [9.17, 15) is 4.79 Å². The summed E-state index contributed by atoms with van der Waals surface area (Å²) in [5, 5.41) is 17.2. The number of anilines is 6. The third-order valence-electron chi connectivity index (χ3n) is 13.6. The van der Waals surface area contributed by atoms with Crippen molar-refractivity contribution < 1.29 is 19.0 Å². The first kappa shape index (κ1) is 54.1. The molecule has 10 rings (SSSR count). The minimum absolute atomic E-state index is 0.236. The molecule has 77 heavy (non-hydrogen) atoms. The molecule has 404 valence electrons. The number of piperidine rings is 2. The number of amides is 1. The average Bonchev–Trinajstić information content (AvgIpc) is 4.13. The van der Waals surface area contributed by atoms with Crippen molar-refractivity contribution >= 4 is 52.4 Å². The van der Waals surface area contributed by atoms with Gasteiger partial charge in [-0.25, -0.2) is 24.7 Å². The molecule has 4 aliphatic heterocycles. The molecule has 2 unspecified atom stereocenters. The standard InChI is InChI=1S/C30H39N9O3.C25H31N9O/c1-30(2,3)42-29(40)39-8-5-6-22(20-39)15-32-24-14-26(36-28-18-34-27(31-4)17-35-28)33-16-25(24)38-9-7-23(21-38)19-37-10-12-41-13-11-37;1-26-24-15-31-25(16-30-24)32-23-11-21(28-13-19-3-2-5-27-12-19)22(14-29-23)34-6-4-20(18-34)17-33-7-9-35-10-8-33/h7,9,14,16-18,21-22H,5-6,8,10-13,15,19-20H2,1-3H3,(H2,32,33,35,36);4,6,11,14-16,18-19,27H,2-3,5,7-10,12-13,17H2,(H2,28,29,31,32). The highest BCUT2D eigenvalue weighted by molar-refractivity contribution is 5.70. The van der Waals surface area contributed by atoms with Crippen molar-refractivity contribution in [3.8, 4) is 11.4 Å². The van der Waals surface area contributed by atoms with Gasteiger partial charge in [0.25, 0.3) is 11.6 Å². The van der Waals surface area contributed by atoms with E-state index >= 15 is 0 Å². The molecular formula is C55H70N18O4. The van der Waals surface area contributed by atoms with Crippen LogP contribution in [0.5, 0.6) is 0 Å². The molecule has 0 bridgehead atoms. The maximum absolute atomic E-state index is 12.7. The molecule has 5 N–H and O–H groups in total. The van der Waals surface area contributed by atoms with E-state index in [0.717, 1.165) is 121 Å². The van der Waals surface area contributed by atoms with Crippen LogP contribution in [0.2, 0.25) is 0 Å². The van der Waals surface area contributed by atoms with Gasteiger partial charge in [0.1, 0.15) is 17.2 Å². The lowest BCUT2D eigenvalue weighted by atomic mass is 9.98. The molecule has 2 atom stereocenters. The number of pyridine rings is 2. The molecule has 22 nitrogen and oxygen atoms in total. The first-order valence-electron chi connectivity index (χ1n) is 26.6. The number of aromatic nitrogens is 8. The Kier molecular flexibility index (Phi) is 18.5. The van der Waals surface area contributed by atoms with Gasteiger partial charge in [-0.2, -0.15) is 0 Å². The van der Waals surface area contributed by atoms with Crippen molar-refractivity contribution in [2.45, 2.75) is 65.1 Å². The van der Waals surface area contributed by atoms with Crippen molar-refractivity contribution in [2.75, 3.05) is 113 Å². The number of hydrogen-bond acceptors (Lipinski definition) is 17. The van der Waals surface area contributed by atoms with E-state index in [1.54, 1.807) is 6.20 Å². The van der Waals surface area contributed by atoms with Crippen LogP contribution < -0.4 is 26.6 Å². The number of carbonyl (C=O) groups excluding carboxylic acids is 1. The lowest BCUT2D eigenvalue weighted by Gasteiger charge is -2.34. The van der Waals surface area contributed by atoms with E-state index in [-0.39, 0.29) is 23.6 Å². The van der Waals surface area contributed by atoms with Gasteiger partial charge in [0, 0.05) is 102 Å².